The Kier molecular flexibility index (Phi) is 10.1. The Bertz CT molecular complexity index is 357. The third-order valence-electron chi connectivity index (χ3n) is 3.99. The summed E-state index contributed by atoms with van der Waals surface area (Å²) in [5.41, 5.74) is 0. The molecule has 0 aliphatic carbocycles. The first-order valence-corrected chi connectivity index (χ1v) is 8.51. The fraction of sp³-hybridized carbons (Fsp3) is 0.824. The maximum absolute atomic E-state index is 10.2. The molecule has 4 atom stereocenters. The van der Waals surface area contributed by atoms with Crippen molar-refractivity contribution in [1.29, 1.82) is 0 Å². The zero-order chi connectivity index (χ0) is 17.1. The van der Waals surface area contributed by atoms with Crippen molar-refractivity contribution in [3.05, 3.63) is 12.2 Å². The van der Waals surface area contributed by atoms with E-state index in [2.05, 4.69) is 0 Å². The second kappa shape index (κ2) is 11.6. The van der Waals surface area contributed by atoms with Crippen LogP contribution in [-0.2, 0) is 14.3 Å². The van der Waals surface area contributed by atoms with Crippen molar-refractivity contribution in [2.45, 2.75) is 82.9 Å². The fourth-order valence-electron chi connectivity index (χ4n) is 2.54. The summed E-state index contributed by atoms with van der Waals surface area (Å²) in [6.07, 6.45) is 7.69. The Balaban J connectivity index is 1.92. The number of carboxylic acid groups (broad SMARTS) is 1. The van der Waals surface area contributed by atoms with E-state index in [0.29, 0.717) is 6.61 Å². The number of aliphatic hydroxyl groups is 2. The molecule has 0 amide bonds. The predicted molar refractivity (Wildman–Crippen MR) is 83.4 cm³/mol. The largest absolute Gasteiger partial charge is 0.545 e. The molecule has 1 rings (SSSR count). The fourth-order valence-corrected chi connectivity index (χ4v) is 2.54. The summed E-state index contributed by atoms with van der Waals surface area (Å²) in [4.78, 5) is 10.2. The summed E-state index contributed by atoms with van der Waals surface area (Å²) in [6, 6.07) is 0. The van der Waals surface area contributed by atoms with Crippen LogP contribution in [-0.4, -0.2) is 47.4 Å². The van der Waals surface area contributed by atoms with Crippen molar-refractivity contribution in [2.75, 3.05) is 6.61 Å². The molecule has 1 heterocycles. The molecular formula is C17H29O6-. The second-order valence-corrected chi connectivity index (χ2v) is 6.08. The van der Waals surface area contributed by atoms with Gasteiger partial charge in [0.1, 0.15) is 6.10 Å². The van der Waals surface area contributed by atoms with Crippen LogP contribution in [0.2, 0.25) is 0 Å². The molecular weight excluding hydrogens is 300 g/mol. The third kappa shape index (κ3) is 9.05. The lowest BCUT2D eigenvalue weighted by molar-refractivity contribution is -0.297. The van der Waals surface area contributed by atoms with Gasteiger partial charge in [-0.1, -0.05) is 31.8 Å². The van der Waals surface area contributed by atoms with E-state index in [1.54, 1.807) is 13.0 Å². The summed E-state index contributed by atoms with van der Waals surface area (Å²) >= 11 is 0. The first kappa shape index (κ1) is 20.1. The molecule has 0 aromatic rings. The number of carbonyl (C=O) groups is 1. The smallest absolute Gasteiger partial charge is 0.183 e. The Morgan fingerprint density at radius 2 is 1.83 bits per heavy atom. The molecule has 1 aliphatic heterocycles. The highest BCUT2D eigenvalue weighted by Gasteiger charge is 2.34. The topological polar surface area (TPSA) is 99.1 Å². The van der Waals surface area contributed by atoms with Gasteiger partial charge in [-0.2, -0.15) is 0 Å². The quantitative estimate of drug-likeness (QED) is 0.431. The zero-order valence-corrected chi connectivity index (χ0v) is 13.9. The van der Waals surface area contributed by atoms with Crippen LogP contribution >= 0.6 is 0 Å². The van der Waals surface area contributed by atoms with Gasteiger partial charge in [-0.05, 0) is 32.3 Å². The molecule has 6 heteroatoms. The summed E-state index contributed by atoms with van der Waals surface area (Å²) in [5, 5.41) is 29.5. The Morgan fingerprint density at radius 1 is 1.17 bits per heavy atom. The van der Waals surface area contributed by atoms with Gasteiger partial charge in [0.15, 0.2) is 6.29 Å². The van der Waals surface area contributed by atoms with Crippen molar-refractivity contribution in [3.8, 4) is 0 Å². The van der Waals surface area contributed by atoms with E-state index >= 15 is 0 Å². The van der Waals surface area contributed by atoms with Gasteiger partial charge in [0, 0.05) is 13.0 Å². The maximum atomic E-state index is 10.2. The van der Waals surface area contributed by atoms with Crippen molar-refractivity contribution < 1.29 is 29.6 Å². The monoisotopic (exact) mass is 329 g/mol. The van der Waals surface area contributed by atoms with E-state index in [1.165, 1.54) is 0 Å². The number of carboxylic acids is 1. The number of aliphatic hydroxyl groups excluding tert-OH is 2. The van der Waals surface area contributed by atoms with Gasteiger partial charge in [-0.3, -0.25) is 0 Å². The summed E-state index contributed by atoms with van der Waals surface area (Å²) < 4.78 is 11.0. The average molecular weight is 329 g/mol. The van der Waals surface area contributed by atoms with Crippen LogP contribution in [0, 0.1) is 0 Å². The van der Waals surface area contributed by atoms with Crippen molar-refractivity contribution in [3.63, 3.8) is 0 Å². The molecule has 2 N–H and O–H groups in total. The van der Waals surface area contributed by atoms with Gasteiger partial charge < -0.3 is 29.6 Å². The lowest BCUT2D eigenvalue weighted by Crippen LogP contribution is -2.47. The van der Waals surface area contributed by atoms with Crippen LogP contribution in [0.4, 0.5) is 0 Å². The number of aliphatic carboxylic acids is 1. The van der Waals surface area contributed by atoms with Crippen LogP contribution in [0.5, 0.6) is 0 Å². The SMILES string of the molecule is C[C@@H]1O[C@@H](OCCCCCCCC/C=C/C(=O)[O-])[C@H](O)C[C@H]1O. The van der Waals surface area contributed by atoms with Crippen LogP contribution in [0.25, 0.3) is 0 Å². The number of hydrogen-bond acceptors (Lipinski definition) is 6. The van der Waals surface area contributed by atoms with Crippen LogP contribution in [0.1, 0.15) is 58.3 Å². The molecule has 1 saturated heterocycles. The van der Waals surface area contributed by atoms with E-state index in [0.717, 1.165) is 51.0 Å². The summed E-state index contributed by atoms with van der Waals surface area (Å²) in [6.45, 7) is 2.31. The number of hydrogen-bond donors (Lipinski definition) is 2. The Labute approximate surface area is 138 Å². The van der Waals surface area contributed by atoms with Crippen LogP contribution < -0.4 is 5.11 Å². The van der Waals surface area contributed by atoms with Gasteiger partial charge in [-0.25, -0.2) is 0 Å². The van der Waals surface area contributed by atoms with E-state index in [1.807, 2.05) is 0 Å². The number of rotatable bonds is 11. The normalized spacial score (nSPS) is 28.3. The van der Waals surface area contributed by atoms with E-state index in [9.17, 15) is 20.1 Å². The molecule has 0 radical (unpaired) electrons. The minimum atomic E-state index is -1.14. The van der Waals surface area contributed by atoms with Gasteiger partial charge in [-0.15, -0.1) is 0 Å². The van der Waals surface area contributed by atoms with E-state index in [-0.39, 0.29) is 12.5 Å². The molecule has 1 aliphatic rings. The van der Waals surface area contributed by atoms with Crippen molar-refractivity contribution in [1.82, 2.24) is 0 Å². The number of unbranched alkanes of at least 4 members (excludes halogenated alkanes) is 6. The number of carbonyl (C=O) groups excluding carboxylic acids is 1. The second-order valence-electron chi connectivity index (χ2n) is 6.08. The molecule has 1 fully saturated rings. The minimum absolute atomic E-state index is 0.290. The number of ether oxygens (including phenoxy) is 2. The Morgan fingerprint density at radius 3 is 2.52 bits per heavy atom. The minimum Gasteiger partial charge on any atom is -0.545 e. The standard InChI is InChI=1S/C17H30O6/c1-13-14(18)12-15(19)17(23-13)22-11-9-7-5-3-2-4-6-8-10-16(20)21/h8,10,13-15,17-19H,2-7,9,11-12H2,1H3,(H,20,21)/p-1/b10-8+/t13-,14+,15+,17+/m0/s1. The van der Waals surface area contributed by atoms with Gasteiger partial charge in [0.25, 0.3) is 0 Å². The maximum Gasteiger partial charge on any atom is 0.183 e. The third-order valence-corrected chi connectivity index (χ3v) is 3.99. The predicted octanol–water partition coefficient (Wildman–Crippen LogP) is 0.896. The molecule has 0 bridgehead atoms. The highest BCUT2D eigenvalue weighted by atomic mass is 16.7. The van der Waals surface area contributed by atoms with Gasteiger partial charge in [0.2, 0.25) is 0 Å². The molecule has 0 aromatic carbocycles. The van der Waals surface area contributed by atoms with E-state index < -0.39 is 24.5 Å². The van der Waals surface area contributed by atoms with Crippen LogP contribution in [0.3, 0.4) is 0 Å². The average Bonchev–Trinajstić information content (AvgIpc) is 2.49. The molecule has 23 heavy (non-hydrogen) atoms. The van der Waals surface area contributed by atoms with Gasteiger partial charge >= 0.3 is 0 Å². The molecule has 134 valence electrons. The first-order chi connectivity index (χ1) is 11.0. The zero-order valence-electron chi connectivity index (χ0n) is 13.9. The molecule has 0 aromatic heterocycles. The lowest BCUT2D eigenvalue weighted by atomic mass is 10.0. The molecule has 6 nitrogen and oxygen atoms in total. The highest BCUT2D eigenvalue weighted by molar-refractivity contribution is 5.77. The van der Waals surface area contributed by atoms with Gasteiger partial charge in [0.05, 0.1) is 18.2 Å². The highest BCUT2D eigenvalue weighted by Crippen LogP contribution is 2.21. The summed E-state index contributed by atoms with van der Waals surface area (Å²) in [5.74, 6) is -1.14. The number of allylic oxidation sites excluding steroid dienone is 1. The van der Waals surface area contributed by atoms with Crippen molar-refractivity contribution in [2.24, 2.45) is 0 Å². The first-order valence-electron chi connectivity index (χ1n) is 8.51. The van der Waals surface area contributed by atoms with E-state index in [4.69, 9.17) is 9.47 Å². The molecule has 0 spiro atoms. The summed E-state index contributed by atoms with van der Waals surface area (Å²) in [7, 11) is 0. The molecule has 0 unspecified atom stereocenters. The van der Waals surface area contributed by atoms with Crippen LogP contribution in [0.15, 0.2) is 12.2 Å². The lowest BCUT2D eigenvalue weighted by Gasteiger charge is -2.35. The van der Waals surface area contributed by atoms with Crippen molar-refractivity contribution >= 4 is 5.97 Å². The Hall–Kier alpha value is -0.950. The molecule has 0 saturated carbocycles.